The zero-order valence-electron chi connectivity index (χ0n) is 21.5. The monoisotopic (exact) mass is 528 g/mol. The van der Waals surface area contributed by atoms with Gasteiger partial charge < -0.3 is 10.6 Å². The Morgan fingerprint density at radius 2 is 1.72 bits per heavy atom. The maximum atomic E-state index is 15.3. The Balaban J connectivity index is 1.55. The van der Waals surface area contributed by atoms with E-state index in [4.69, 9.17) is 0 Å². The summed E-state index contributed by atoms with van der Waals surface area (Å²) in [6.07, 6.45) is 1.85. The number of amides is 1. The van der Waals surface area contributed by atoms with Crippen LogP contribution in [0.4, 0.5) is 8.78 Å². The van der Waals surface area contributed by atoms with Crippen LogP contribution in [-0.4, -0.2) is 41.6 Å². The van der Waals surface area contributed by atoms with E-state index in [0.29, 0.717) is 23.5 Å². The Bertz CT molecular complexity index is 1580. The third kappa shape index (κ3) is 5.10. The van der Waals surface area contributed by atoms with Crippen molar-refractivity contribution in [3.8, 4) is 5.69 Å². The van der Waals surface area contributed by atoms with Crippen LogP contribution in [0.1, 0.15) is 40.5 Å². The van der Waals surface area contributed by atoms with Crippen molar-refractivity contribution >= 4 is 16.7 Å². The van der Waals surface area contributed by atoms with Gasteiger partial charge in [0.1, 0.15) is 11.6 Å². The largest absolute Gasteiger partial charge is 0.345 e. The van der Waals surface area contributed by atoms with Crippen LogP contribution < -0.4 is 16.2 Å². The molecule has 2 N–H and O–H groups in total. The first-order chi connectivity index (χ1) is 19.0. The molecule has 2 fully saturated rings. The summed E-state index contributed by atoms with van der Waals surface area (Å²) in [4.78, 5) is 30.4. The Morgan fingerprint density at radius 3 is 2.44 bits per heavy atom. The molecule has 2 heterocycles. The molecule has 2 aliphatic rings. The Kier molecular flexibility index (Phi) is 6.97. The van der Waals surface area contributed by atoms with Crippen molar-refractivity contribution in [2.45, 2.75) is 25.4 Å². The molecule has 1 aromatic heterocycles. The number of hydrogen-bond donors (Lipinski definition) is 2. The molecule has 1 saturated carbocycles. The van der Waals surface area contributed by atoms with Gasteiger partial charge in [0.2, 0.25) is 0 Å². The molecule has 1 aliphatic carbocycles. The van der Waals surface area contributed by atoms with Crippen molar-refractivity contribution in [1.82, 2.24) is 20.1 Å². The van der Waals surface area contributed by atoms with Crippen LogP contribution in [0.5, 0.6) is 0 Å². The zero-order valence-corrected chi connectivity index (χ0v) is 21.5. The second-order valence-electron chi connectivity index (χ2n) is 10.3. The summed E-state index contributed by atoms with van der Waals surface area (Å²) in [6.45, 7) is 3.43. The van der Waals surface area contributed by atoms with E-state index < -0.39 is 17.3 Å². The van der Waals surface area contributed by atoms with Gasteiger partial charge in [-0.1, -0.05) is 42.5 Å². The number of para-hydroxylation sites is 1. The van der Waals surface area contributed by atoms with Gasteiger partial charge in [-0.3, -0.25) is 19.1 Å². The van der Waals surface area contributed by atoms with Crippen molar-refractivity contribution < 1.29 is 13.6 Å². The predicted molar refractivity (Wildman–Crippen MR) is 147 cm³/mol. The van der Waals surface area contributed by atoms with Crippen LogP contribution in [0.15, 0.2) is 77.6 Å². The van der Waals surface area contributed by atoms with E-state index in [9.17, 15) is 14.0 Å². The SMILES string of the molecule is O=C(N[C@H](c1cccc(F)c1)C1CC1)c1c(CN2CCNCC2)n(-c2ccccc2)c(=O)c2c(F)cccc12. The van der Waals surface area contributed by atoms with E-state index >= 15 is 4.39 Å². The molecule has 0 spiro atoms. The number of carbonyl (C=O) groups is 1. The lowest BCUT2D eigenvalue weighted by Gasteiger charge is -2.30. The van der Waals surface area contributed by atoms with Crippen LogP contribution in [0.2, 0.25) is 0 Å². The van der Waals surface area contributed by atoms with Crippen LogP contribution >= 0.6 is 0 Å². The summed E-state index contributed by atoms with van der Waals surface area (Å²) in [7, 11) is 0. The lowest BCUT2D eigenvalue weighted by atomic mass is 9.98. The number of aromatic nitrogens is 1. The smallest absolute Gasteiger partial charge is 0.266 e. The molecule has 1 amide bonds. The normalized spacial score (nSPS) is 16.8. The Morgan fingerprint density at radius 1 is 0.974 bits per heavy atom. The molecule has 0 bridgehead atoms. The molecule has 6 rings (SSSR count). The topological polar surface area (TPSA) is 66.4 Å². The number of nitrogens with one attached hydrogen (secondary N) is 2. The molecule has 1 aliphatic heterocycles. The number of rotatable bonds is 7. The van der Waals surface area contributed by atoms with E-state index in [-0.39, 0.29) is 34.1 Å². The van der Waals surface area contributed by atoms with E-state index in [1.807, 2.05) is 24.3 Å². The molecule has 200 valence electrons. The van der Waals surface area contributed by atoms with Gasteiger partial charge in [-0.15, -0.1) is 0 Å². The first kappa shape index (κ1) is 25.4. The van der Waals surface area contributed by atoms with Gasteiger partial charge in [0.05, 0.1) is 22.7 Å². The maximum absolute atomic E-state index is 15.3. The molecular formula is C31H30F2N4O2. The lowest BCUT2D eigenvalue weighted by Crippen LogP contribution is -2.44. The second kappa shape index (κ2) is 10.7. The summed E-state index contributed by atoms with van der Waals surface area (Å²) in [5.41, 5.74) is 1.54. The van der Waals surface area contributed by atoms with E-state index in [2.05, 4.69) is 15.5 Å². The highest BCUT2D eigenvalue weighted by molar-refractivity contribution is 6.08. The fourth-order valence-electron chi connectivity index (χ4n) is 5.60. The molecular weight excluding hydrogens is 498 g/mol. The van der Waals surface area contributed by atoms with Gasteiger partial charge in [-0.2, -0.15) is 0 Å². The lowest BCUT2D eigenvalue weighted by molar-refractivity contribution is 0.0930. The van der Waals surface area contributed by atoms with Gasteiger partial charge in [-0.05, 0) is 54.7 Å². The van der Waals surface area contributed by atoms with Crippen molar-refractivity contribution in [2.24, 2.45) is 5.92 Å². The van der Waals surface area contributed by atoms with E-state index in [1.54, 1.807) is 24.3 Å². The molecule has 3 aromatic carbocycles. The number of nitrogens with zero attached hydrogens (tertiary/aromatic N) is 2. The first-order valence-electron chi connectivity index (χ1n) is 13.4. The van der Waals surface area contributed by atoms with Crippen molar-refractivity contribution in [3.05, 3.63) is 112 Å². The van der Waals surface area contributed by atoms with Crippen LogP contribution in [-0.2, 0) is 6.54 Å². The third-order valence-corrected chi connectivity index (χ3v) is 7.67. The maximum Gasteiger partial charge on any atom is 0.266 e. The minimum Gasteiger partial charge on any atom is -0.345 e. The zero-order chi connectivity index (χ0) is 26.9. The molecule has 39 heavy (non-hydrogen) atoms. The number of fused-ring (bicyclic) bond motifs is 1. The standard InChI is InChI=1S/C31H30F2N4O2/c32-22-7-4-6-21(18-22)29(20-12-13-20)35-30(38)28-24-10-5-11-25(33)27(24)31(39)37(23-8-2-1-3-9-23)26(28)19-36-16-14-34-15-17-36/h1-11,18,20,29,34H,12-17,19H2,(H,35,38)/t29-/m0/s1. The average Bonchev–Trinajstić information content (AvgIpc) is 3.78. The van der Waals surface area contributed by atoms with Gasteiger partial charge >= 0.3 is 0 Å². The van der Waals surface area contributed by atoms with Crippen LogP contribution in [0.25, 0.3) is 16.5 Å². The number of halogens is 2. The minimum atomic E-state index is -0.672. The number of piperazine rings is 1. The average molecular weight is 529 g/mol. The van der Waals surface area contributed by atoms with E-state index in [1.165, 1.54) is 28.8 Å². The summed E-state index contributed by atoms with van der Waals surface area (Å²) in [6, 6.07) is 19.4. The number of pyridine rings is 1. The predicted octanol–water partition coefficient (Wildman–Crippen LogP) is 4.56. The molecule has 4 aromatic rings. The fraction of sp³-hybridized carbons (Fsp3) is 0.290. The van der Waals surface area contributed by atoms with Gasteiger partial charge in [-0.25, -0.2) is 8.78 Å². The Labute approximate surface area is 225 Å². The summed E-state index contributed by atoms with van der Waals surface area (Å²) >= 11 is 0. The van der Waals surface area contributed by atoms with E-state index in [0.717, 1.165) is 39.0 Å². The number of benzene rings is 3. The molecule has 8 heteroatoms. The highest BCUT2D eigenvalue weighted by Gasteiger charge is 2.35. The molecule has 6 nitrogen and oxygen atoms in total. The van der Waals surface area contributed by atoms with Gasteiger partial charge in [0, 0.05) is 43.8 Å². The van der Waals surface area contributed by atoms with Gasteiger partial charge in [0.25, 0.3) is 11.5 Å². The molecule has 1 saturated heterocycles. The van der Waals surface area contributed by atoms with Crippen molar-refractivity contribution in [3.63, 3.8) is 0 Å². The summed E-state index contributed by atoms with van der Waals surface area (Å²) in [5, 5.41) is 6.64. The third-order valence-electron chi connectivity index (χ3n) is 7.67. The molecule has 1 atom stereocenters. The first-order valence-corrected chi connectivity index (χ1v) is 13.4. The fourth-order valence-corrected chi connectivity index (χ4v) is 5.60. The van der Waals surface area contributed by atoms with Gasteiger partial charge in [0.15, 0.2) is 0 Å². The highest BCUT2D eigenvalue weighted by Crippen LogP contribution is 2.41. The molecule has 0 unspecified atom stereocenters. The van der Waals surface area contributed by atoms with Crippen LogP contribution in [0, 0.1) is 17.6 Å². The highest BCUT2D eigenvalue weighted by atomic mass is 19.1. The van der Waals surface area contributed by atoms with Crippen molar-refractivity contribution in [1.29, 1.82) is 0 Å². The number of carbonyl (C=O) groups excluding carboxylic acids is 1. The Hall–Kier alpha value is -3.88. The second-order valence-corrected chi connectivity index (χ2v) is 10.3. The summed E-state index contributed by atoms with van der Waals surface area (Å²) < 4.78 is 30.9. The minimum absolute atomic E-state index is 0.121. The van der Waals surface area contributed by atoms with Crippen LogP contribution in [0.3, 0.4) is 0 Å². The molecule has 0 radical (unpaired) electrons. The number of hydrogen-bond acceptors (Lipinski definition) is 4. The van der Waals surface area contributed by atoms with Crippen molar-refractivity contribution in [2.75, 3.05) is 26.2 Å². The summed E-state index contributed by atoms with van der Waals surface area (Å²) in [5.74, 6) is -1.25. The quantitative estimate of drug-likeness (QED) is 0.369.